The average Bonchev–Trinajstić information content (AvgIpc) is 3.11. The molecule has 1 aromatic rings. The minimum atomic E-state index is 0.106. The Kier molecular flexibility index (Phi) is 5.91. The molecule has 1 saturated carbocycles. The smallest absolute Gasteiger partial charge is 0.317 e. The molecule has 3 atom stereocenters. The maximum atomic E-state index is 12.5. The highest BCUT2D eigenvalue weighted by atomic mass is 16.2. The van der Waals surface area contributed by atoms with Crippen LogP contribution in [0.1, 0.15) is 37.9 Å². The normalized spacial score (nSPS) is 26.0. The number of amides is 2. The van der Waals surface area contributed by atoms with E-state index < -0.39 is 0 Å². The Morgan fingerprint density at radius 3 is 2.60 bits per heavy atom. The van der Waals surface area contributed by atoms with Gasteiger partial charge in [0.1, 0.15) is 0 Å². The van der Waals surface area contributed by atoms with E-state index in [-0.39, 0.29) is 6.03 Å². The summed E-state index contributed by atoms with van der Waals surface area (Å²) in [7, 11) is 4.24. The molecule has 6 nitrogen and oxygen atoms in total. The van der Waals surface area contributed by atoms with Crippen molar-refractivity contribution in [2.75, 3.05) is 40.3 Å². The van der Waals surface area contributed by atoms with E-state index in [1.807, 2.05) is 23.2 Å². The first-order valence-corrected chi connectivity index (χ1v) is 9.41. The van der Waals surface area contributed by atoms with Crippen LogP contribution in [0.4, 0.5) is 4.79 Å². The van der Waals surface area contributed by atoms with E-state index in [9.17, 15) is 4.79 Å². The van der Waals surface area contributed by atoms with Gasteiger partial charge in [-0.2, -0.15) is 0 Å². The lowest BCUT2D eigenvalue weighted by Crippen LogP contribution is -2.53. The van der Waals surface area contributed by atoms with Crippen molar-refractivity contribution in [3.05, 3.63) is 30.1 Å². The number of nitrogens with one attached hydrogen (secondary N) is 1. The number of hydrogen-bond acceptors (Lipinski definition) is 4. The largest absolute Gasteiger partial charge is 0.335 e. The minimum absolute atomic E-state index is 0.106. The van der Waals surface area contributed by atoms with Crippen LogP contribution in [0.15, 0.2) is 24.4 Å². The summed E-state index contributed by atoms with van der Waals surface area (Å²) in [6.07, 6.45) is 5.17. The number of carbonyl (C=O) groups excluding carboxylic acids is 1. The molecule has 1 aliphatic heterocycles. The summed E-state index contributed by atoms with van der Waals surface area (Å²) in [5, 5.41) is 3.24. The van der Waals surface area contributed by atoms with Gasteiger partial charge >= 0.3 is 6.03 Å². The molecule has 1 saturated heterocycles. The van der Waals surface area contributed by atoms with Crippen molar-refractivity contribution < 1.29 is 4.79 Å². The molecule has 2 amide bonds. The lowest BCUT2D eigenvalue weighted by atomic mass is 10.1. The summed E-state index contributed by atoms with van der Waals surface area (Å²) < 4.78 is 0. The van der Waals surface area contributed by atoms with Gasteiger partial charge in [0.2, 0.25) is 0 Å². The SMILES string of the molecule is C[C@H](c1ccccn1)N1CCN(C(=O)N[C@H]2CC[C@@H](N(C)C)C2)CC1. The van der Waals surface area contributed by atoms with Gasteiger partial charge in [-0.3, -0.25) is 9.88 Å². The van der Waals surface area contributed by atoms with Crippen LogP contribution in [0.3, 0.4) is 0 Å². The maximum absolute atomic E-state index is 12.5. The molecule has 3 rings (SSSR count). The summed E-state index contributed by atoms with van der Waals surface area (Å²) in [6.45, 7) is 5.56. The van der Waals surface area contributed by atoms with Crippen molar-refractivity contribution in [2.45, 2.75) is 44.3 Å². The lowest BCUT2D eigenvalue weighted by molar-refractivity contribution is 0.111. The monoisotopic (exact) mass is 345 g/mol. The van der Waals surface area contributed by atoms with Crippen LogP contribution >= 0.6 is 0 Å². The van der Waals surface area contributed by atoms with Crippen LogP contribution in [-0.4, -0.2) is 78.1 Å². The van der Waals surface area contributed by atoms with E-state index in [1.165, 1.54) is 6.42 Å². The molecule has 0 spiro atoms. The first-order valence-electron chi connectivity index (χ1n) is 9.41. The zero-order chi connectivity index (χ0) is 17.8. The third kappa shape index (κ3) is 4.50. The number of pyridine rings is 1. The van der Waals surface area contributed by atoms with E-state index in [0.717, 1.165) is 44.7 Å². The van der Waals surface area contributed by atoms with Gasteiger partial charge in [-0.1, -0.05) is 6.07 Å². The average molecular weight is 345 g/mol. The lowest BCUT2D eigenvalue weighted by Gasteiger charge is -2.38. The minimum Gasteiger partial charge on any atom is -0.335 e. The predicted octanol–water partition coefficient (Wildman–Crippen LogP) is 1.95. The molecular weight excluding hydrogens is 314 g/mol. The Bertz CT molecular complexity index is 556. The number of aromatic nitrogens is 1. The molecule has 6 heteroatoms. The Morgan fingerprint density at radius 1 is 1.24 bits per heavy atom. The zero-order valence-corrected chi connectivity index (χ0v) is 15.7. The molecule has 25 heavy (non-hydrogen) atoms. The Morgan fingerprint density at radius 2 is 2.00 bits per heavy atom. The second-order valence-corrected chi connectivity index (χ2v) is 7.53. The van der Waals surface area contributed by atoms with Crippen LogP contribution in [0.2, 0.25) is 0 Å². The number of piperazine rings is 1. The fraction of sp³-hybridized carbons (Fsp3) is 0.684. The summed E-state index contributed by atoms with van der Waals surface area (Å²) in [5.74, 6) is 0. The predicted molar refractivity (Wildman–Crippen MR) is 99.4 cm³/mol. The Hall–Kier alpha value is -1.66. The van der Waals surface area contributed by atoms with E-state index in [4.69, 9.17) is 0 Å². The molecule has 0 radical (unpaired) electrons. The second kappa shape index (κ2) is 8.15. The summed E-state index contributed by atoms with van der Waals surface area (Å²) in [5.41, 5.74) is 1.10. The van der Waals surface area contributed by atoms with Crippen LogP contribution in [0, 0.1) is 0 Å². The first-order chi connectivity index (χ1) is 12.0. The van der Waals surface area contributed by atoms with Gasteiger partial charge in [0.25, 0.3) is 0 Å². The number of rotatable bonds is 4. The van der Waals surface area contributed by atoms with Gasteiger partial charge < -0.3 is 15.1 Å². The van der Waals surface area contributed by atoms with Gasteiger partial charge in [-0.05, 0) is 52.4 Å². The van der Waals surface area contributed by atoms with E-state index >= 15 is 0 Å². The Labute approximate surface area is 151 Å². The van der Waals surface area contributed by atoms with Crippen LogP contribution in [-0.2, 0) is 0 Å². The second-order valence-electron chi connectivity index (χ2n) is 7.53. The van der Waals surface area contributed by atoms with Gasteiger partial charge in [0, 0.05) is 50.5 Å². The highest BCUT2D eigenvalue weighted by Gasteiger charge is 2.30. The number of nitrogens with zero attached hydrogens (tertiary/aromatic N) is 4. The quantitative estimate of drug-likeness (QED) is 0.906. The summed E-state index contributed by atoms with van der Waals surface area (Å²) >= 11 is 0. The molecule has 0 unspecified atom stereocenters. The van der Waals surface area contributed by atoms with Crippen molar-refractivity contribution in [1.29, 1.82) is 0 Å². The van der Waals surface area contributed by atoms with Crippen LogP contribution in [0.5, 0.6) is 0 Å². The summed E-state index contributed by atoms with van der Waals surface area (Å²) in [6, 6.07) is 7.38. The van der Waals surface area contributed by atoms with Gasteiger partial charge in [-0.25, -0.2) is 4.79 Å². The zero-order valence-electron chi connectivity index (χ0n) is 15.7. The van der Waals surface area contributed by atoms with Crippen LogP contribution < -0.4 is 5.32 Å². The molecule has 1 N–H and O–H groups in total. The molecule has 0 bridgehead atoms. The highest BCUT2D eigenvalue weighted by Crippen LogP contribution is 2.23. The molecule has 2 fully saturated rings. The van der Waals surface area contributed by atoms with E-state index in [2.05, 4.69) is 47.2 Å². The van der Waals surface area contributed by atoms with Gasteiger partial charge in [-0.15, -0.1) is 0 Å². The maximum Gasteiger partial charge on any atom is 0.317 e. The number of hydrogen-bond donors (Lipinski definition) is 1. The van der Waals surface area contributed by atoms with Crippen LogP contribution in [0.25, 0.3) is 0 Å². The molecule has 0 aromatic carbocycles. The molecule has 1 aliphatic carbocycles. The molecule has 138 valence electrons. The van der Waals surface area contributed by atoms with Crippen molar-refractivity contribution in [3.63, 3.8) is 0 Å². The standard InChI is InChI=1S/C19H31N5O/c1-15(18-6-4-5-9-20-18)23-10-12-24(13-11-23)19(25)21-16-7-8-17(14-16)22(2)3/h4-6,9,15-17H,7-8,10-14H2,1-3H3,(H,21,25)/t15-,16+,17-/m1/s1. The molecular formula is C19H31N5O. The number of urea groups is 1. The van der Waals surface area contributed by atoms with E-state index in [0.29, 0.717) is 18.1 Å². The fourth-order valence-corrected chi connectivity index (χ4v) is 3.95. The highest BCUT2D eigenvalue weighted by molar-refractivity contribution is 5.74. The van der Waals surface area contributed by atoms with Crippen molar-refractivity contribution in [3.8, 4) is 0 Å². The third-order valence-electron chi connectivity index (χ3n) is 5.73. The van der Waals surface area contributed by atoms with Crippen molar-refractivity contribution in [1.82, 2.24) is 25.0 Å². The third-order valence-corrected chi connectivity index (χ3v) is 5.73. The first kappa shape index (κ1) is 18.1. The Balaban J connectivity index is 1.45. The molecule has 2 aliphatic rings. The fourth-order valence-electron chi connectivity index (χ4n) is 3.95. The van der Waals surface area contributed by atoms with Crippen molar-refractivity contribution >= 4 is 6.03 Å². The molecule has 1 aromatic heterocycles. The van der Waals surface area contributed by atoms with Gasteiger partial charge in [0.15, 0.2) is 0 Å². The summed E-state index contributed by atoms with van der Waals surface area (Å²) in [4.78, 5) is 23.6. The van der Waals surface area contributed by atoms with Gasteiger partial charge in [0.05, 0.1) is 5.69 Å². The molecule has 2 heterocycles. The van der Waals surface area contributed by atoms with Crippen molar-refractivity contribution in [2.24, 2.45) is 0 Å². The van der Waals surface area contributed by atoms with E-state index in [1.54, 1.807) is 0 Å². The topological polar surface area (TPSA) is 51.7 Å². The number of carbonyl (C=O) groups is 1.